The predicted molar refractivity (Wildman–Crippen MR) is 128 cm³/mol. The summed E-state index contributed by atoms with van der Waals surface area (Å²) in [5.74, 6) is 1.17. The SMILES string of the molecule is COc1ccc(CCNC(=O)c2ccccc2NC(=S)Nc2ccccc2)cc1OC. The molecule has 160 valence electrons. The molecule has 0 aliphatic carbocycles. The van der Waals surface area contributed by atoms with Crippen LogP contribution in [0.2, 0.25) is 0 Å². The standard InChI is InChI=1S/C24H25N3O3S/c1-29-21-13-12-17(16-22(21)30-2)14-15-25-23(28)19-10-6-7-11-20(19)27-24(31)26-18-8-4-3-5-9-18/h3-13,16H,14-15H2,1-2H3,(H,25,28)(H2,26,27,31). The molecular formula is C24H25N3O3S. The Kier molecular flexibility index (Phi) is 7.84. The first-order valence-electron chi connectivity index (χ1n) is 9.82. The first-order chi connectivity index (χ1) is 15.1. The molecule has 0 bridgehead atoms. The Balaban J connectivity index is 1.59. The van der Waals surface area contributed by atoms with Crippen LogP contribution >= 0.6 is 12.2 Å². The molecule has 3 aromatic carbocycles. The molecule has 0 saturated heterocycles. The molecule has 0 spiro atoms. The minimum Gasteiger partial charge on any atom is -0.493 e. The van der Waals surface area contributed by atoms with Crippen LogP contribution in [0.15, 0.2) is 72.8 Å². The molecular weight excluding hydrogens is 410 g/mol. The number of hydrogen-bond acceptors (Lipinski definition) is 4. The lowest BCUT2D eigenvalue weighted by atomic mass is 10.1. The highest BCUT2D eigenvalue weighted by Gasteiger charge is 2.12. The molecule has 0 heterocycles. The Morgan fingerprint density at radius 2 is 1.58 bits per heavy atom. The molecule has 7 heteroatoms. The van der Waals surface area contributed by atoms with E-state index >= 15 is 0 Å². The van der Waals surface area contributed by atoms with E-state index in [0.29, 0.717) is 40.8 Å². The van der Waals surface area contributed by atoms with Crippen molar-refractivity contribution < 1.29 is 14.3 Å². The van der Waals surface area contributed by atoms with Gasteiger partial charge < -0.3 is 25.4 Å². The van der Waals surface area contributed by atoms with Crippen molar-refractivity contribution in [2.45, 2.75) is 6.42 Å². The van der Waals surface area contributed by atoms with E-state index in [1.54, 1.807) is 20.3 Å². The molecule has 0 unspecified atom stereocenters. The van der Waals surface area contributed by atoms with Crippen molar-refractivity contribution in [3.8, 4) is 11.5 Å². The molecule has 0 saturated carbocycles. The summed E-state index contributed by atoms with van der Waals surface area (Å²) in [6, 6.07) is 22.6. The molecule has 3 aromatic rings. The van der Waals surface area contributed by atoms with E-state index in [4.69, 9.17) is 21.7 Å². The molecule has 0 radical (unpaired) electrons. The summed E-state index contributed by atoms with van der Waals surface area (Å²) in [7, 11) is 3.20. The normalized spacial score (nSPS) is 10.1. The van der Waals surface area contributed by atoms with Crippen molar-refractivity contribution in [3.63, 3.8) is 0 Å². The average molecular weight is 436 g/mol. The Morgan fingerprint density at radius 1 is 0.871 bits per heavy atom. The van der Waals surface area contributed by atoms with Crippen LogP contribution in [-0.2, 0) is 6.42 Å². The minimum atomic E-state index is -0.175. The van der Waals surface area contributed by atoms with Gasteiger partial charge in [-0.3, -0.25) is 4.79 Å². The number of ether oxygens (including phenoxy) is 2. The first kappa shape index (κ1) is 22.1. The Labute approximate surface area is 187 Å². The van der Waals surface area contributed by atoms with Crippen molar-refractivity contribution in [2.24, 2.45) is 0 Å². The lowest BCUT2D eigenvalue weighted by molar-refractivity contribution is 0.0955. The van der Waals surface area contributed by atoms with Gasteiger partial charge in [0, 0.05) is 12.2 Å². The van der Waals surface area contributed by atoms with Crippen LogP contribution < -0.4 is 25.4 Å². The molecule has 0 atom stereocenters. The fraction of sp³-hybridized carbons (Fsp3) is 0.167. The van der Waals surface area contributed by atoms with E-state index in [1.165, 1.54) is 0 Å². The fourth-order valence-electron chi connectivity index (χ4n) is 3.05. The Morgan fingerprint density at radius 3 is 2.32 bits per heavy atom. The monoisotopic (exact) mass is 435 g/mol. The Bertz CT molecular complexity index is 1040. The molecule has 0 aromatic heterocycles. The maximum absolute atomic E-state index is 12.8. The van der Waals surface area contributed by atoms with Crippen LogP contribution in [0.4, 0.5) is 11.4 Å². The summed E-state index contributed by atoms with van der Waals surface area (Å²) in [6.45, 7) is 0.482. The third kappa shape index (κ3) is 6.20. The summed E-state index contributed by atoms with van der Waals surface area (Å²) < 4.78 is 10.6. The number of benzene rings is 3. The van der Waals surface area contributed by atoms with Gasteiger partial charge in [-0.1, -0.05) is 36.4 Å². The molecule has 6 nitrogen and oxygen atoms in total. The third-order valence-electron chi connectivity index (χ3n) is 4.60. The minimum absolute atomic E-state index is 0.175. The van der Waals surface area contributed by atoms with Crippen molar-refractivity contribution >= 4 is 34.6 Å². The van der Waals surface area contributed by atoms with Gasteiger partial charge in [0.25, 0.3) is 5.91 Å². The van der Waals surface area contributed by atoms with Gasteiger partial charge >= 0.3 is 0 Å². The smallest absolute Gasteiger partial charge is 0.253 e. The maximum atomic E-state index is 12.8. The summed E-state index contributed by atoms with van der Waals surface area (Å²) >= 11 is 5.38. The number of hydrogen-bond donors (Lipinski definition) is 3. The first-order valence-corrected chi connectivity index (χ1v) is 10.2. The number of amides is 1. The van der Waals surface area contributed by atoms with E-state index in [-0.39, 0.29) is 5.91 Å². The second-order valence-electron chi connectivity index (χ2n) is 6.69. The van der Waals surface area contributed by atoms with Gasteiger partial charge in [-0.2, -0.15) is 0 Å². The van der Waals surface area contributed by atoms with Gasteiger partial charge in [0.15, 0.2) is 16.6 Å². The summed E-state index contributed by atoms with van der Waals surface area (Å²) in [5, 5.41) is 9.59. The fourth-order valence-corrected chi connectivity index (χ4v) is 3.28. The van der Waals surface area contributed by atoms with Crippen molar-refractivity contribution in [1.29, 1.82) is 0 Å². The topological polar surface area (TPSA) is 71.6 Å². The number of thiocarbonyl (C=S) groups is 1. The third-order valence-corrected chi connectivity index (χ3v) is 4.80. The van der Waals surface area contributed by atoms with Crippen LogP contribution in [0, 0.1) is 0 Å². The zero-order valence-electron chi connectivity index (χ0n) is 17.5. The van der Waals surface area contributed by atoms with Crippen molar-refractivity contribution in [3.05, 3.63) is 83.9 Å². The highest BCUT2D eigenvalue weighted by molar-refractivity contribution is 7.80. The van der Waals surface area contributed by atoms with Crippen LogP contribution in [0.3, 0.4) is 0 Å². The molecule has 3 rings (SSSR count). The van der Waals surface area contributed by atoms with Crippen molar-refractivity contribution in [2.75, 3.05) is 31.4 Å². The second-order valence-corrected chi connectivity index (χ2v) is 7.09. The van der Waals surface area contributed by atoms with E-state index in [9.17, 15) is 4.79 Å². The largest absolute Gasteiger partial charge is 0.493 e. The van der Waals surface area contributed by atoms with Gasteiger partial charge in [-0.15, -0.1) is 0 Å². The van der Waals surface area contributed by atoms with Gasteiger partial charge in [0.2, 0.25) is 0 Å². The number of carbonyl (C=O) groups is 1. The van der Waals surface area contributed by atoms with Crippen molar-refractivity contribution in [1.82, 2.24) is 5.32 Å². The molecule has 1 amide bonds. The number of nitrogens with one attached hydrogen (secondary N) is 3. The molecule has 0 fully saturated rings. The van der Waals surface area contributed by atoms with E-state index in [2.05, 4.69) is 16.0 Å². The zero-order chi connectivity index (χ0) is 22.1. The zero-order valence-corrected chi connectivity index (χ0v) is 18.3. The number of anilines is 2. The maximum Gasteiger partial charge on any atom is 0.253 e. The predicted octanol–water partition coefficient (Wildman–Crippen LogP) is 4.49. The molecule has 31 heavy (non-hydrogen) atoms. The molecule has 0 aliphatic rings. The van der Waals surface area contributed by atoms with Crippen LogP contribution in [-0.4, -0.2) is 31.8 Å². The summed E-state index contributed by atoms with van der Waals surface area (Å²) in [4.78, 5) is 12.8. The Hall–Kier alpha value is -3.58. The number of rotatable bonds is 8. The summed E-state index contributed by atoms with van der Waals surface area (Å²) in [5.41, 5.74) is 3.07. The lowest BCUT2D eigenvalue weighted by Crippen LogP contribution is -2.28. The van der Waals surface area contributed by atoms with E-state index in [1.807, 2.05) is 66.7 Å². The molecule has 3 N–H and O–H groups in total. The number of para-hydroxylation sites is 2. The van der Waals surface area contributed by atoms with Gasteiger partial charge in [0.1, 0.15) is 0 Å². The summed E-state index contributed by atoms with van der Waals surface area (Å²) in [6.07, 6.45) is 0.662. The van der Waals surface area contributed by atoms with E-state index in [0.717, 1.165) is 11.3 Å². The van der Waals surface area contributed by atoms with Gasteiger partial charge in [-0.05, 0) is 60.6 Å². The van der Waals surface area contributed by atoms with Crippen LogP contribution in [0.1, 0.15) is 15.9 Å². The lowest BCUT2D eigenvalue weighted by Gasteiger charge is -2.14. The van der Waals surface area contributed by atoms with Gasteiger partial charge in [-0.25, -0.2) is 0 Å². The highest BCUT2D eigenvalue weighted by Crippen LogP contribution is 2.27. The number of carbonyl (C=O) groups excluding carboxylic acids is 1. The highest BCUT2D eigenvalue weighted by atomic mass is 32.1. The van der Waals surface area contributed by atoms with Crippen LogP contribution in [0.5, 0.6) is 11.5 Å². The quantitative estimate of drug-likeness (QED) is 0.453. The average Bonchev–Trinajstić information content (AvgIpc) is 2.79. The van der Waals surface area contributed by atoms with Crippen LogP contribution in [0.25, 0.3) is 0 Å². The molecule has 0 aliphatic heterocycles. The van der Waals surface area contributed by atoms with E-state index < -0.39 is 0 Å². The second kappa shape index (κ2) is 11.0. The number of methoxy groups -OCH3 is 2. The van der Waals surface area contributed by atoms with Gasteiger partial charge in [0.05, 0.1) is 25.5 Å².